The number of aromatic nitrogens is 2. The van der Waals surface area contributed by atoms with Crippen molar-refractivity contribution in [2.45, 2.75) is 19.3 Å². The van der Waals surface area contributed by atoms with E-state index in [4.69, 9.17) is 8.94 Å². The highest BCUT2D eigenvalue weighted by Crippen LogP contribution is 2.31. The summed E-state index contributed by atoms with van der Waals surface area (Å²) >= 11 is 0. The zero-order valence-corrected chi connectivity index (χ0v) is 16.3. The molecule has 1 N–H and O–H groups in total. The second kappa shape index (κ2) is 8.52. The van der Waals surface area contributed by atoms with Crippen LogP contribution in [0.4, 0.5) is 13.2 Å². The third-order valence-electron chi connectivity index (χ3n) is 4.99. The maximum Gasteiger partial charge on any atom is 0.416 e. The van der Waals surface area contributed by atoms with Crippen LogP contribution in [0.25, 0.3) is 11.4 Å². The molecule has 0 spiro atoms. The first kappa shape index (κ1) is 21.1. The molecule has 1 aliphatic rings. The van der Waals surface area contributed by atoms with Gasteiger partial charge in [-0.25, -0.2) is 0 Å². The van der Waals surface area contributed by atoms with E-state index >= 15 is 0 Å². The van der Waals surface area contributed by atoms with Gasteiger partial charge in [0.1, 0.15) is 12.0 Å². The minimum absolute atomic E-state index is 0.113. The molecular weight excluding hydrogens is 417 g/mol. The van der Waals surface area contributed by atoms with Gasteiger partial charge >= 0.3 is 6.18 Å². The smallest absolute Gasteiger partial charge is 0.416 e. The van der Waals surface area contributed by atoms with Crippen LogP contribution in [0.15, 0.2) is 50.3 Å². The lowest BCUT2D eigenvalue weighted by Gasteiger charge is -2.33. The van der Waals surface area contributed by atoms with Gasteiger partial charge in [-0.2, -0.15) is 18.2 Å². The number of rotatable bonds is 5. The quantitative estimate of drug-likeness (QED) is 0.652. The second-order valence-corrected chi connectivity index (χ2v) is 7.24. The molecule has 0 atom stereocenters. The molecule has 0 saturated carbocycles. The van der Waals surface area contributed by atoms with Gasteiger partial charge in [-0.15, -0.1) is 0 Å². The van der Waals surface area contributed by atoms with E-state index in [1.165, 1.54) is 18.2 Å². The molecule has 0 radical (unpaired) electrons. The Kier molecular flexibility index (Phi) is 5.79. The van der Waals surface area contributed by atoms with Crippen LogP contribution in [-0.2, 0) is 19.3 Å². The number of alkyl halides is 3. The van der Waals surface area contributed by atoms with Crippen LogP contribution in [-0.4, -0.2) is 51.2 Å². The highest BCUT2D eigenvalue weighted by atomic mass is 19.4. The van der Waals surface area contributed by atoms with Crippen LogP contribution in [0.1, 0.15) is 17.2 Å². The van der Waals surface area contributed by atoms with E-state index in [9.17, 15) is 23.1 Å². The Labute approximate surface area is 174 Å². The minimum atomic E-state index is -4.44. The van der Waals surface area contributed by atoms with E-state index in [0.29, 0.717) is 50.9 Å². The fourth-order valence-corrected chi connectivity index (χ4v) is 3.31. The fourth-order valence-electron chi connectivity index (χ4n) is 3.31. The summed E-state index contributed by atoms with van der Waals surface area (Å²) in [7, 11) is 0. The Bertz CT molecular complexity index is 1100. The van der Waals surface area contributed by atoms with Crippen molar-refractivity contribution in [1.82, 2.24) is 19.9 Å². The molecule has 31 heavy (non-hydrogen) atoms. The molecule has 2 aromatic heterocycles. The first-order chi connectivity index (χ1) is 14.8. The molecular formula is C20H19F3N4O4. The first-order valence-corrected chi connectivity index (χ1v) is 9.53. The molecule has 1 fully saturated rings. The summed E-state index contributed by atoms with van der Waals surface area (Å²) < 4.78 is 49.1. The average molecular weight is 436 g/mol. The summed E-state index contributed by atoms with van der Waals surface area (Å²) in [6.07, 6.45) is -3.41. The van der Waals surface area contributed by atoms with E-state index in [-0.39, 0.29) is 11.4 Å². The van der Waals surface area contributed by atoms with E-state index in [2.05, 4.69) is 19.9 Å². The van der Waals surface area contributed by atoms with Crippen LogP contribution in [0, 0.1) is 0 Å². The van der Waals surface area contributed by atoms with Gasteiger partial charge in [0.2, 0.25) is 17.1 Å². The van der Waals surface area contributed by atoms with Crippen molar-refractivity contribution >= 4 is 0 Å². The normalized spacial score (nSPS) is 16.0. The van der Waals surface area contributed by atoms with Crippen LogP contribution < -0.4 is 5.43 Å². The molecule has 3 aromatic rings. The minimum Gasteiger partial charge on any atom is -0.502 e. The lowest BCUT2D eigenvalue weighted by Crippen LogP contribution is -2.45. The number of halogens is 3. The summed E-state index contributed by atoms with van der Waals surface area (Å²) in [4.78, 5) is 19.9. The lowest BCUT2D eigenvalue weighted by atomic mass is 10.1. The number of benzene rings is 1. The number of aromatic hydroxyl groups is 1. The maximum absolute atomic E-state index is 12.9. The standard InChI is InChI=1S/C20H19F3N4O4/c21-20(22,23)14-3-1-2-13(8-14)19-24-18(31-25-19)11-27-6-4-26(5-7-27)10-15-9-16(28)17(29)12-30-15/h1-3,8-9,12,29H,4-7,10-11H2. The molecule has 0 unspecified atom stereocenters. The van der Waals surface area contributed by atoms with Gasteiger partial charge in [0.15, 0.2) is 5.75 Å². The van der Waals surface area contributed by atoms with Gasteiger partial charge in [0.25, 0.3) is 0 Å². The van der Waals surface area contributed by atoms with E-state index in [1.807, 2.05) is 0 Å². The molecule has 1 aliphatic heterocycles. The summed E-state index contributed by atoms with van der Waals surface area (Å²) in [6.45, 7) is 3.64. The Morgan fingerprint density at radius 3 is 2.45 bits per heavy atom. The molecule has 1 aromatic carbocycles. The fraction of sp³-hybridized carbons (Fsp3) is 0.350. The van der Waals surface area contributed by atoms with E-state index < -0.39 is 22.9 Å². The van der Waals surface area contributed by atoms with Crippen molar-refractivity contribution in [3.05, 3.63) is 64.0 Å². The highest BCUT2D eigenvalue weighted by Gasteiger charge is 2.31. The Morgan fingerprint density at radius 1 is 1.06 bits per heavy atom. The topological polar surface area (TPSA) is 95.8 Å². The molecule has 1 saturated heterocycles. The zero-order valence-electron chi connectivity index (χ0n) is 16.3. The van der Waals surface area contributed by atoms with Crippen LogP contribution in [0.2, 0.25) is 0 Å². The third kappa shape index (κ3) is 5.12. The SMILES string of the molecule is O=c1cc(CN2CCN(Cc3nc(-c4cccc(C(F)(F)F)c4)no3)CC2)occ1O. The lowest BCUT2D eigenvalue weighted by molar-refractivity contribution is -0.137. The number of nitrogens with zero attached hydrogens (tertiary/aromatic N) is 4. The third-order valence-corrected chi connectivity index (χ3v) is 4.99. The van der Waals surface area contributed by atoms with Crippen LogP contribution in [0.5, 0.6) is 5.75 Å². The average Bonchev–Trinajstić information content (AvgIpc) is 3.20. The molecule has 0 bridgehead atoms. The van der Waals surface area contributed by atoms with Gasteiger partial charge in [0.05, 0.1) is 18.7 Å². The van der Waals surface area contributed by atoms with E-state index in [0.717, 1.165) is 18.4 Å². The van der Waals surface area contributed by atoms with E-state index in [1.54, 1.807) is 0 Å². The molecule has 0 aliphatic carbocycles. The first-order valence-electron chi connectivity index (χ1n) is 9.53. The largest absolute Gasteiger partial charge is 0.502 e. The summed E-state index contributed by atoms with van der Waals surface area (Å²) in [6, 6.07) is 6.08. The van der Waals surface area contributed by atoms with Crippen molar-refractivity contribution in [3.63, 3.8) is 0 Å². The van der Waals surface area contributed by atoms with Crippen LogP contribution >= 0.6 is 0 Å². The van der Waals surface area contributed by atoms with Crippen molar-refractivity contribution in [1.29, 1.82) is 0 Å². The van der Waals surface area contributed by atoms with Gasteiger partial charge in [-0.1, -0.05) is 17.3 Å². The molecule has 0 amide bonds. The molecule has 164 valence electrons. The number of piperazine rings is 1. The Balaban J connectivity index is 1.33. The predicted molar refractivity (Wildman–Crippen MR) is 102 cm³/mol. The summed E-state index contributed by atoms with van der Waals surface area (Å²) in [5, 5.41) is 13.1. The van der Waals surface area contributed by atoms with Gasteiger partial charge in [-0.05, 0) is 12.1 Å². The number of hydrogen-bond donors (Lipinski definition) is 1. The molecule has 3 heterocycles. The van der Waals surface area contributed by atoms with Gasteiger partial charge < -0.3 is 14.0 Å². The van der Waals surface area contributed by atoms with Crippen molar-refractivity contribution in [2.75, 3.05) is 26.2 Å². The molecule has 4 rings (SSSR count). The van der Waals surface area contributed by atoms with Gasteiger partial charge in [0, 0.05) is 37.8 Å². The highest BCUT2D eigenvalue weighted by molar-refractivity contribution is 5.55. The zero-order chi connectivity index (χ0) is 22.0. The predicted octanol–water partition coefficient (Wildman–Crippen LogP) is 2.73. The van der Waals surface area contributed by atoms with Crippen molar-refractivity contribution in [3.8, 4) is 17.1 Å². The Morgan fingerprint density at radius 2 is 1.77 bits per heavy atom. The monoisotopic (exact) mass is 436 g/mol. The van der Waals surface area contributed by atoms with Crippen LogP contribution in [0.3, 0.4) is 0 Å². The van der Waals surface area contributed by atoms with Gasteiger partial charge in [-0.3, -0.25) is 14.6 Å². The summed E-state index contributed by atoms with van der Waals surface area (Å²) in [5.74, 6) is 0.490. The summed E-state index contributed by atoms with van der Waals surface area (Å²) in [5.41, 5.74) is -1.00. The second-order valence-electron chi connectivity index (χ2n) is 7.24. The van der Waals surface area contributed by atoms with Crippen molar-refractivity contribution < 1.29 is 27.2 Å². The van der Waals surface area contributed by atoms with Crippen molar-refractivity contribution in [2.24, 2.45) is 0 Å². The molecule has 8 nitrogen and oxygen atoms in total. The maximum atomic E-state index is 12.9. The molecule has 11 heteroatoms. The number of hydrogen-bond acceptors (Lipinski definition) is 8. The Hall–Kier alpha value is -3.18.